The molecule has 1 saturated heterocycles. The molecule has 2 rings (SSSR count). The van der Waals surface area contributed by atoms with Crippen molar-refractivity contribution < 1.29 is 22.3 Å². The van der Waals surface area contributed by atoms with Crippen LogP contribution in [0.1, 0.15) is 24.1 Å². The predicted molar refractivity (Wildman–Crippen MR) is 70.2 cm³/mol. The lowest BCUT2D eigenvalue weighted by molar-refractivity contribution is -0.140. The maximum atomic E-state index is 13.3. The van der Waals surface area contributed by atoms with E-state index in [9.17, 15) is 17.6 Å². The standard InChI is InChI=1S/C14H18F4N2O/c1-2-20-5-6-21-12(8-20)13(19)9-3-4-11(15)10(7-9)14(16,17)18/h3-4,7,12-13H,2,5-6,8,19H2,1H3. The maximum absolute atomic E-state index is 13.3. The zero-order valence-electron chi connectivity index (χ0n) is 11.7. The number of hydrogen-bond acceptors (Lipinski definition) is 3. The van der Waals surface area contributed by atoms with Crippen molar-refractivity contribution in [2.75, 3.05) is 26.2 Å². The van der Waals surface area contributed by atoms with Crippen LogP contribution in [0.2, 0.25) is 0 Å². The van der Waals surface area contributed by atoms with E-state index in [-0.39, 0.29) is 5.56 Å². The zero-order chi connectivity index (χ0) is 15.6. The molecule has 2 N–H and O–H groups in total. The van der Waals surface area contributed by atoms with E-state index < -0.39 is 29.7 Å². The van der Waals surface area contributed by atoms with E-state index in [0.29, 0.717) is 13.2 Å². The molecular formula is C14H18F4N2O. The molecule has 2 atom stereocenters. The molecule has 0 amide bonds. The molecule has 1 aliphatic rings. The van der Waals surface area contributed by atoms with Gasteiger partial charge in [0, 0.05) is 13.1 Å². The van der Waals surface area contributed by atoms with Crippen LogP contribution in [0.25, 0.3) is 0 Å². The zero-order valence-corrected chi connectivity index (χ0v) is 11.7. The summed E-state index contributed by atoms with van der Waals surface area (Å²) in [5.74, 6) is -1.29. The van der Waals surface area contributed by atoms with Gasteiger partial charge in [-0.25, -0.2) is 4.39 Å². The maximum Gasteiger partial charge on any atom is 0.419 e. The van der Waals surface area contributed by atoms with Gasteiger partial charge in [0.15, 0.2) is 0 Å². The van der Waals surface area contributed by atoms with Crippen LogP contribution in [-0.4, -0.2) is 37.2 Å². The first-order chi connectivity index (χ1) is 9.82. The highest BCUT2D eigenvalue weighted by Crippen LogP contribution is 2.33. The molecule has 0 radical (unpaired) electrons. The Hall–Kier alpha value is -1.18. The van der Waals surface area contributed by atoms with Crippen molar-refractivity contribution in [3.63, 3.8) is 0 Å². The summed E-state index contributed by atoms with van der Waals surface area (Å²) >= 11 is 0. The number of rotatable bonds is 3. The molecule has 1 heterocycles. The quantitative estimate of drug-likeness (QED) is 0.872. The molecule has 21 heavy (non-hydrogen) atoms. The van der Waals surface area contributed by atoms with E-state index in [1.54, 1.807) is 0 Å². The fraction of sp³-hybridized carbons (Fsp3) is 0.571. The van der Waals surface area contributed by atoms with Gasteiger partial charge in [-0.15, -0.1) is 0 Å². The summed E-state index contributed by atoms with van der Waals surface area (Å²) in [6.07, 6.45) is -5.13. The largest absolute Gasteiger partial charge is 0.419 e. The molecular weight excluding hydrogens is 288 g/mol. The Morgan fingerprint density at radius 2 is 2.14 bits per heavy atom. The Bertz CT molecular complexity index is 492. The molecule has 1 aliphatic heterocycles. The Morgan fingerprint density at radius 3 is 2.76 bits per heavy atom. The van der Waals surface area contributed by atoms with Crippen LogP contribution in [0.3, 0.4) is 0 Å². The molecule has 0 aromatic heterocycles. The highest BCUT2D eigenvalue weighted by Gasteiger charge is 2.35. The lowest BCUT2D eigenvalue weighted by Gasteiger charge is -2.35. The summed E-state index contributed by atoms with van der Waals surface area (Å²) in [4.78, 5) is 2.11. The highest BCUT2D eigenvalue weighted by molar-refractivity contribution is 5.30. The number of alkyl halides is 3. The van der Waals surface area contributed by atoms with Crippen LogP contribution in [0.5, 0.6) is 0 Å². The van der Waals surface area contributed by atoms with Crippen molar-refractivity contribution in [1.29, 1.82) is 0 Å². The van der Waals surface area contributed by atoms with Crippen molar-refractivity contribution in [1.82, 2.24) is 4.90 Å². The molecule has 1 aromatic rings. The van der Waals surface area contributed by atoms with E-state index >= 15 is 0 Å². The lowest BCUT2D eigenvalue weighted by Crippen LogP contribution is -2.46. The Labute approximate surface area is 120 Å². The molecule has 2 unspecified atom stereocenters. The molecule has 0 saturated carbocycles. The average Bonchev–Trinajstić information content (AvgIpc) is 2.46. The van der Waals surface area contributed by atoms with Gasteiger partial charge < -0.3 is 10.5 Å². The second-order valence-electron chi connectivity index (χ2n) is 5.07. The van der Waals surface area contributed by atoms with Crippen LogP contribution < -0.4 is 5.73 Å². The van der Waals surface area contributed by atoms with Crippen LogP contribution in [0.4, 0.5) is 17.6 Å². The first-order valence-electron chi connectivity index (χ1n) is 6.79. The molecule has 3 nitrogen and oxygen atoms in total. The smallest absolute Gasteiger partial charge is 0.374 e. The molecule has 1 aromatic carbocycles. The van der Waals surface area contributed by atoms with E-state index in [0.717, 1.165) is 25.2 Å². The highest BCUT2D eigenvalue weighted by atomic mass is 19.4. The molecule has 1 fully saturated rings. The SMILES string of the molecule is CCN1CCOC(C(N)c2ccc(F)c(C(F)(F)F)c2)C1. The number of nitrogens with two attached hydrogens (primary N) is 1. The molecule has 118 valence electrons. The van der Waals surface area contributed by atoms with Crippen molar-refractivity contribution in [2.45, 2.75) is 25.2 Å². The van der Waals surface area contributed by atoms with Gasteiger partial charge in [-0.2, -0.15) is 13.2 Å². The molecule has 0 bridgehead atoms. The van der Waals surface area contributed by atoms with E-state index in [1.165, 1.54) is 6.07 Å². The van der Waals surface area contributed by atoms with E-state index in [2.05, 4.69) is 4.90 Å². The second kappa shape index (κ2) is 6.29. The second-order valence-corrected chi connectivity index (χ2v) is 5.07. The van der Waals surface area contributed by atoms with Gasteiger partial charge in [-0.1, -0.05) is 13.0 Å². The van der Waals surface area contributed by atoms with Gasteiger partial charge in [0.25, 0.3) is 0 Å². The topological polar surface area (TPSA) is 38.5 Å². The fourth-order valence-corrected chi connectivity index (χ4v) is 2.42. The summed E-state index contributed by atoms with van der Waals surface area (Å²) in [7, 11) is 0. The Kier molecular flexibility index (Phi) is 4.85. The predicted octanol–water partition coefficient (Wildman–Crippen LogP) is 2.57. The van der Waals surface area contributed by atoms with Gasteiger partial charge >= 0.3 is 6.18 Å². The number of ether oxygens (including phenoxy) is 1. The Balaban J connectivity index is 2.21. The minimum atomic E-state index is -4.73. The average molecular weight is 306 g/mol. The molecule has 0 spiro atoms. The first kappa shape index (κ1) is 16.2. The number of hydrogen-bond donors (Lipinski definition) is 1. The minimum absolute atomic E-state index is 0.228. The van der Waals surface area contributed by atoms with Gasteiger partial charge in [0.05, 0.1) is 24.3 Å². The third-order valence-corrected chi connectivity index (χ3v) is 3.71. The van der Waals surface area contributed by atoms with Gasteiger partial charge in [0.1, 0.15) is 5.82 Å². The lowest BCUT2D eigenvalue weighted by atomic mass is 9.98. The Morgan fingerprint density at radius 1 is 1.43 bits per heavy atom. The van der Waals surface area contributed by atoms with Crippen LogP contribution >= 0.6 is 0 Å². The van der Waals surface area contributed by atoms with E-state index in [4.69, 9.17) is 10.5 Å². The first-order valence-corrected chi connectivity index (χ1v) is 6.79. The summed E-state index contributed by atoms with van der Waals surface area (Å²) in [5.41, 5.74) is 4.94. The number of nitrogens with zero attached hydrogens (tertiary/aromatic N) is 1. The molecule has 7 heteroatoms. The van der Waals surface area contributed by atoms with Crippen molar-refractivity contribution in [3.05, 3.63) is 35.1 Å². The van der Waals surface area contributed by atoms with Crippen molar-refractivity contribution in [2.24, 2.45) is 5.73 Å². The summed E-state index contributed by atoms with van der Waals surface area (Å²) < 4.78 is 57.0. The number of morpholine rings is 1. The number of likely N-dealkylation sites (N-methyl/N-ethyl adjacent to an activating group) is 1. The summed E-state index contributed by atoms with van der Waals surface area (Å²) in [6, 6.07) is 2.14. The summed E-state index contributed by atoms with van der Waals surface area (Å²) in [6.45, 7) is 4.63. The third-order valence-electron chi connectivity index (χ3n) is 3.71. The van der Waals surface area contributed by atoms with E-state index in [1.807, 2.05) is 6.92 Å². The van der Waals surface area contributed by atoms with Crippen LogP contribution in [0.15, 0.2) is 18.2 Å². The van der Waals surface area contributed by atoms with Crippen LogP contribution in [-0.2, 0) is 10.9 Å². The van der Waals surface area contributed by atoms with Gasteiger partial charge in [-0.3, -0.25) is 4.90 Å². The fourth-order valence-electron chi connectivity index (χ4n) is 2.42. The number of halogens is 4. The van der Waals surface area contributed by atoms with Crippen LogP contribution in [0, 0.1) is 5.82 Å². The van der Waals surface area contributed by atoms with Crippen molar-refractivity contribution >= 4 is 0 Å². The van der Waals surface area contributed by atoms with Crippen molar-refractivity contribution in [3.8, 4) is 0 Å². The third kappa shape index (κ3) is 3.72. The monoisotopic (exact) mass is 306 g/mol. The summed E-state index contributed by atoms with van der Waals surface area (Å²) in [5, 5.41) is 0. The minimum Gasteiger partial charge on any atom is -0.374 e. The molecule has 0 aliphatic carbocycles. The number of benzene rings is 1. The van der Waals surface area contributed by atoms with Gasteiger partial charge in [0.2, 0.25) is 0 Å². The van der Waals surface area contributed by atoms with Gasteiger partial charge in [-0.05, 0) is 24.2 Å². The normalized spacial score (nSPS) is 22.3.